The maximum atomic E-state index is 12.0. The van der Waals surface area contributed by atoms with E-state index in [1.807, 2.05) is 44.2 Å². The van der Waals surface area contributed by atoms with Crippen LogP contribution in [0.4, 0.5) is 0 Å². The summed E-state index contributed by atoms with van der Waals surface area (Å²) in [4.78, 5) is 12.0. The zero-order valence-electron chi connectivity index (χ0n) is 15.2. The summed E-state index contributed by atoms with van der Waals surface area (Å²) in [6.07, 6.45) is 0.709. The molecule has 0 atom stereocenters. The molecule has 0 bridgehead atoms. The molecule has 4 heteroatoms. The average molecular weight is 356 g/mol. The van der Waals surface area contributed by atoms with Gasteiger partial charge in [0.15, 0.2) is 0 Å². The van der Waals surface area contributed by atoms with E-state index in [0.29, 0.717) is 23.3 Å². The van der Waals surface area contributed by atoms with Crippen LogP contribution in [0.3, 0.4) is 0 Å². The number of fused-ring (bicyclic) bond motifs is 1. The molecule has 26 heavy (non-hydrogen) atoms. The third kappa shape index (κ3) is 5.20. The van der Waals surface area contributed by atoms with E-state index in [9.17, 15) is 4.79 Å². The summed E-state index contributed by atoms with van der Waals surface area (Å²) in [5.74, 6) is 0.681. The number of rotatable bonds is 4. The smallest absolute Gasteiger partial charge is 0.339 e. The van der Waals surface area contributed by atoms with E-state index in [0.717, 1.165) is 17.6 Å². The Morgan fingerprint density at radius 3 is 2.27 bits per heavy atom. The Labute approximate surface area is 155 Å². The predicted molar refractivity (Wildman–Crippen MR) is 107 cm³/mol. The van der Waals surface area contributed by atoms with Crippen molar-refractivity contribution in [2.45, 2.75) is 27.7 Å². The van der Waals surface area contributed by atoms with Crippen molar-refractivity contribution in [2.75, 3.05) is 20.8 Å². The highest BCUT2D eigenvalue weighted by molar-refractivity contribution is 5.83. The zero-order chi connectivity index (χ0) is 18.2. The third-order valence-corrected chi connectivity index (χ3v) is 3.99. The number of ether oxygens (including phenoxy) is 2. The summed E-state index contributed by atoms with van der Waals surface area (Å²) < 4.78 is 15.1. The molecule has 4 nitrogen and oxygen atoms in total. The van der Waals surface area contributed by atoms with Crippen LogP contribution in [0.2, 0.25) is 0 Å². The maximum Gasteiger partial charge on any atom is 0.339 e. The molecule has 0 aliphatic heterocycles. The fraction of sp³-hybridized carbons (Fsp3) is 0.318. The minimum Gasteiger partial charge on any atom is -0.497 e. The summed E-state index contributed by atoms with van der Waals surface area (Å²) in [6.45, 7) is 4.59. The van der Waals surface area contributed by atoms with Gasteiger partial charge in [0.05, 0.1) is 7.11 Å². The highest BCUT2D eigenvalue weighted by Gasteiger charge is 2.12. The van der Waals surface area contributed by atoms with Gasteiger partial charge in [-0.05, 0) is 43.5 Å². The zero-order valence-corrected chi connectivity index (χ0v) is 15.2. The van der Waals surface area contributed by atoms with Crippen molar-refractivity contribution < 1.29 is 13.9 Å². The van der Waals surface area contributed by atoms with Gasteiger partial charge in [-0.1, -0.05) is 37.8 Å². The molecule has 0 saturated carbocycles. The Balaban J connectivity index is 0.000000616. The van der Waals surface area contributed by atoms with Gasteiger partial charge in [-0.2, -0.15) is 0 Å². The Morgan fingerprint density at radius 1 is 1.04 bits per heavy atom. The molecule has 140 valence electrons. The van der Waals surface area contributed by atoms with E-state index >= 15 is 0 Å². The van der Waals surface area contributed by atoms with Crippen molar-refractivity contribution in [3.05, 3.63) is 75.6 Å². The minimum atomic E-state index is -0.290. The fourth-order valence-corrected chi connectivity index (χ4v) is 2.49. The van der Waals surface area contributed by atoms with Gasteiger partial charge in [-0.25, -0.2) is 4.79 Å². The molecule has 0 aliphatic carbocycles. The molecule has 0 fully saturated rings. The largest absolute Gasteiger partial charge is 0.497 e. The van der Waals surface area contributed by atoms with E-state index in [-0.39, 0.29) is 13.1 Å². The second-order valence-electron chi connectivity index (χ2n) is 5.59. The van der Waals surface area contributed by atoms with E-state index in [1.54, 1.807) is 20.3 Å². The van der Waals surface area contributed by atoms with E-state index in [4.69, 9.17) is 9.15 Å². The average Bonchev–Trinajstić information content (AvgIpc) is 2.66. The summed E-state index contributed by atoms with van der Waals surface area (Å²) in [6, 6.07) is 15.7. The Morgan fingerprint density at radius 2 is 1.69 bits per heavy atom. The van der Waals surface area contributed by atoms with Crippen LogP contribution >= 0.6 is 0 Å². The molecule has 1 aromatic heterocycles. The van der Waals surface area contributed by atoms with Crippen LogP contribution in [0.15, 0.2) is 57.7 Å². The van der Waals surface area contributed by atoms with Crippen LogP contribution in [0.5, 0.6) is 5.75 Å². The molecule has 2 aromatic carbocycles. The second kappa shape index (κ2) is 10.4. The Hall–Kier alpha value is -2.59. The van der Waals surface area contributed by atoms with Gasteiger partial charge >= 0.3 is 5.63 Å². The first-order chi connectivity index (χ1) is 12.1. The number of methoxy groups -OCH3 is 2. The first-order valence-electron chi connectivity index (χ1n) is 8.23. The van der Waals surface area contributed by atoms with E-state index in [2.05, 4.69) is 16.9 Å². The van der Waals surface area contributed by atoms with Gasteiger partial charge < -0.3 is 13.9 Å². The van der Waals surface area contributed by atoms with Crippen LogP contribution < -0.4 is 10.4 Å². The predicted octanol–water partition coefficient (Wildman–Crippen LogP) is 4.99. The molecule has 0 amide bonds. The molecule has 1 heterocycles. The topological polar surface area (TPSA) is 48.7 Å². The molecule has 3 aromatic rings. The lowest BCUT2D eigenvalue weighted by molar-refractivity contribution is 0.215. The van der Waals surface area contributed by atoms with Crippen LogP contribution in [0, 0.1) is 6.92 Å². The molecular weight excluding hydrogens is 328 g/mol. The van der Waals surface area contributed by atoms with E-state index in [1.165, 1.54) is 5.56 Å². The van der Waals surface area contributed by atoms with Crippen LogP contribution in [-0.4, -0.2) is 20.8 Å². The molecule has 0 spiro atoms. The number of benzene rings is 2. The minimum absolute atomic E-state index is 0. The highest BCUT2D eigenvalue weighted by Crippen LogP contribution is 2.26. The van der Waals surface area contributed by atoms with Crippen molar-refractivity contribution in [3.8, 4) is 5.75 Å². The van der Waals surface area contributed by atoms with Crippen molar-refractivity contribution >= 4 is 11.0 Å². The number of hydrogen-bond donors (Lipinski definition) is 0. The first kappa shape index (κ1) is 21.5. The summed E-state index contributed by atoms with van der Waals surface area (Å²) in [7, 11) is 3.28. The lowest BCUT2D eigenvalue weighted by Crippen LogP contribution is -2.08. The second-order valence-corrected chi connectivity index (χ2v) is 5.59. The lowest BCUT2D eigenvalue weighted by Gasteiger charge is -2.10. The van der Waals surface area contributed by atoms with Crippen molar-refractivity contribution in [1.82, 2.24) is 0 Å². The Bertz CT molecular complexity index is 864. The molecule has 0 unspecified atom stereocenters. The van der Waals surface area contributed by atoms with Gasteiger partial charge in [-0.15, -0.1) is 0 Å². The third-order valence-electron chi connectivity index (χ3n) is 3.99. The van der Waals surface area contributed by atoms with Gasteiger partial charge in [0.25, 0.3) is 0 Å². The highest BCUT2D eigenvalue weighted by atomic mass is 16.5. The fourth-order valence-electron chi connectivity index (χ4n) is 2.49. The standard InChI is InChI=1S/C18H16O3.C3H8O.CH4/c1-12-16(10-13-6-4-3-5-7-13)15-9-8-14(20-2)11-17(15)21-18(12)19;1-3-4-2;/h3-9,11H,10H2,1-2H3;3H2,1-2H3;1H4. The van der Waals surface area contributed by atoms with Gasteiger partial charge in [0, 0.05) is 30.7 Å². The molecular formula is C22H28O4. The van der Waals surface area contributed by atoms with Crippen molar-refractivity contribution in [1.29, 1.82) is 0 Å². The first-order valence-corrected chi connectivity index (χ1v) is 8.23. The molecule has 3 rings (SSSR count). The monoisotopic (exact) mass is 356 g/mol. The Kier molecular flexibility index (Phi) is 8.59. The molecule has 0 saturated heterocycles. The molecule has 0 radical (unpaired) electrons. The quantitative estimate of drug-likeness (QED) is 0.618. The molecule has 0 aliphatic rings. The van der Waals surface area contributed by atoms with Crippen molar-refractivity contribution in [2.24, 2.45) is 0 Å². The van der Waals surface area contributed by atoms with Crippen molar-refractivity contribution in [3.63, 3.8) is 0 Å². The number of hydrogen-bond acceptors (Lipinski definition) is 4. The van der Waals surface area contributed by atoms with Gasteiger partial charge in [0.2, 0.25) is 0 Å². The van der Waals surface area contributed by atoms with Crippen LogP contribution in [-0.2, 0) is 11.2 Å². The van der Waals surface area contributed by atoms with Gasteiger partial charge in [0.1, 0.15) is 11.3 Å². The van der Waals surface area contributed by atoms with Crippen LogP contribution in [0.25, 0.3) is 11.0 Å². The lowest BCUT2D eigenvalue weighted by atomic mass is 9.98. The summed E-state index contributed by atoms with van der Waals surface area (Å²) >= 11 is 0. The summed E-state index contributed by atoms with van der Waals surface area (Å²) in [5.41, 5.74) is 3.12. The SMILES string of the molecule is C.CCOC.COc1ccc2c(Cc3ccccc3)c(C)c(=O)oc2c1. The van der Waals surface area contributed by atoms with Gasteiger partial charge in [-0.3, -0.25) is 0 Å². The molecule has 0 N–H and O–H groups in total. The van der Waals surface area contributed by atoms with E-state index < -0.39 is 0 Å². The van der Waals surface area contributed by atoms with Crippen LogP contribution in [0.1, 0.15) is 31.0 Å². The summed E-state index contributed by atoms with van der Waals surface area (Å²) in [5, 5.41) is 0.955. The maximum absolute atomic E-state index is 12.0. The normalized spacial score (nSPS) is 9.85.